The van der Waals surface area contributed by atoms with E-state index in [1.165, 1.54) is 0 Å². The zero-order chi connectivity index (χ0) is 10.6. The van der Waals surface area contributed by atoms with Crippen molar-refractivity contribution in [1.82, 2.24) is 5.32 Å². The van der Waals surface area contributed by atoms with Crippen LogP contribution in [0, 0.1) is 5.92 Å². The van der Waals surface area contributed by atoms with Gasteiger partial charge in [0, 0.05) is 12.5 Å². The topological polar surface area (TPSA) is 58.6 Å². The third-order valence-electron chi connectivity index (χ3n) is 2.43. The average molecular weight is 201 g/mol. The molecular weight excluding hydrogens is 182 g/mol. The predicted molar refractivity (Wildman–Crippen MR) is 52.8 cm³/mol. The van der Waals surface area contributed by atoms with E-state index in [1.807, 2.05) is 13.8 Å². The second-order valence-electron chi connectivity index (χ2n) is 4.00. The summed E-state index contributed by atoms with van der Waals surface area (Å²) in [4.78, 5) is 11.6. The standard InChI is InChI=1S/C10H19NO3/c1-7(2)14-10(13)9-8(6-12)4-3-5-11-9/h7-9,11-12H,3-6H2,1-2H3. The zero-order valence-corrected chi connectivity index (χ0v) is 8.82. The number of esters is 1. The lowest BCUT2D eigenvalue weighted by Gasteiger charge is -2.30. The molecule has 4 heteroatoms. The monoisotopic (exact) mass is 201 g/mol. The molecule has 0 amide bonds. The molecule has 1 rings (SSSR count). The Kier molecular flexibility index (Phi) is 4.35. The van der Waals surface area contributed by atoms with Crippen LogP contribution < -0.4 is 5.32 Å². The van der Waals surface area contributed by atoms with Crippen LogP contribution in [-0.4, -0.2) is 36.4 Å². The molecule has 0 bridgehead atoms. The molecule has 2 atom stereocenters. The highest BCUT2D eigenvalue weighted by molar-refractivity contribution is 5.76. The number of carbonyl (C=O) groups excluding carboxylic acids is 1. The molecule has 1 aliphatic rings. The molecule has 0 aromatic carbocycles. The lowest BCUT2D eigenvalue weighted by molar-refractivity contribution is -0.152. The third-order valence-corrected chi connectivity index (χ3v) is 2.43. The molecule has 0 aliphatic carbocycles. The van der Waals surface area contributed by atoms with Crippen LogP contribution in [0.5, 0.6) is 0 Å². The van der Waals surface area contributed by atoms with Crippen LogP contribution >= 0.6 is 0 Å². The molecular formula is C10H19NO3. The number of nitrogens with one attached hydrogen (secondary N) is 1. The van der Waals surface area contributed by atoms with E-state index in [-0.39, 0.29) is 30.6 Å². The first-order chi connectivity index (χ1) is 6.65. The number of hydrogen-bond acceptors (Lipinski definition) is 4. The summed E-state index contributed by atoms with van der Waals surface area (Å²) in [6.07, 6.45) is 1.81. The van der Waals surface area contributed by atoms with Gasteiger partial charge in [0.15, 0.2) is 0 Å². The summed E-state index contributed by atoms with van der Waals surface area (Å²) in [5.74, 6) is -0.228. The van der Waals surface area contributed by atoms with E-state index in [0.717, 1.165) is 19.4 Å². The first-order valence-electron chi connectivity index (χ1n) is 5.20. The van der Waals surface area contributed by atoms with Crippen molar-refractivity contribution in [2.45, 2.75) is 38.8 Å². The molecule has 1 saturated heterocycles. The minimum atomic E-state index is -0.323. The molecule has 0 aromatic rings. The maximum atomic E-state index is 11.6. The zero-order valence-electron chi connectivity index (χ0n) is 8.82. The molecule has 1 fully saturated rings. The van der Waals surface area contributed by atoms with Gasteiger partial charge in [-0.25, -0.2) is 0 Å². The van der Waals surface area contributed by atoms with Crippen molar-refractivity contribution < 1.29 is 14.6 Å². The first kappa shape index (κ1) is 11.5. The van der Waals surface area contributed by atoms with Crippen molar-refractivity contribution in [2.24, 2.45) is 5.92 Å². The van der Waals surface area contributed by atoms with Gasteiger partial charge in [0.25, 0.3) is 0 Å². The minimum absolute atomic E-state index is 0.00926. The predicted octanol–water partition coefficient (Wildman–Crippen LogP) is 0.299. The minimum Gasteiger partial charge on any atom is -0.462 e. The highest BCUT2D eigenvalue weighted by atomic mass is 16.5. The van der Waals surface area contributed by atoms with Crippen LogP contribution in [0.2, 0.25) is 0 Å². The maximum Gasteiger partial charge on any atom is 0.323 e. The number of piperidine rings is 1. The summed E-state index contributed by atoms with van der Waals surface area (Å²) in [5, 5.41) is 12.2. The second-order valence-corrected chi connectivity index (χ2v) is 4.00. The van der Waals surface area contributed by atoms with Gasteiger partial charge in [-0.1, -0.05) is 0 Å². The molecule has 14 heavy (non-hydrogen) atoms. The molecule has 2 unspecified atom stereocenters. The first-order valence-corrected chi connectivity index (χ1v) is 5.20. The van der Waals surface area contributed by atoms with E-state index in [0.29, 0.717) is 0 Å². The van der Waals surface area contributed by atoms with Crippen molar-refractivity contribution in [3.8, 4) is 0 Å². The average Bonchev–Trinajstić information content (AvgIpc) is 2.16. The maximum absolute atomic E-state index is 11.6. The number of ether oxygens (including phenoxy) is 1. The molecule has 0 aromatic heterocycles. The van der Waals surface area contributed by atoms with Crippen LogP contribution in [0.15, 0.2) is 0 Å². The highest BCUT2D eigenvalue weighted by Gasteiger charge is 2.31. The van der Waals surface area contributed by atoms with Gasteiger partial charge in [-0.15, -0.1) is 0 Å². The summed E-state index contributed by atoms with van der Waals surface area (Å²) >= 11 is 0. The van der Waals surface area contributed by atoms with Gasteiger partial charge in [-0.2, -0.15) is 0 Å². The summed E-state index contributed by atoms with van der Waals surface area (Å²) in [6.45, 7) is 4.53. The van der Waals surface area contributed by atoms with Crippen molar-refractivity contribution in [3.63, 3.8) is 0 Å². The highest BCUT2D eigenvalue weighted by Crippen LogP contribution is 2.17. The fourth-order valence-corrected chi connectivity index (χ4v) is 1.73. The summed E-state index contributed by atoms with van der Waals surface area (Å²) in [7, 11) is 0. The molecule has 0 saturated carbocycles. The third kappa shape index (κ3) is 2.96. The van der Waals surface area contributed by atoms with Crippen LogP contribution in [0.4, 0.5) is 0 Å². The van der Waals surface area contributed by atoms with Gasteiger partial charge in [0.05, 0.1) is 6.10 Å². The van der Waals surface area contributed by atoms with Crippen molar-refractivity contribution in [2.75, 3.05) is 13.2 Å². The Labute approximate surface area is 84.6 Å². The van der Waals surface area contributed by atoms with E-state index in [4.69, 9.17) is 9.84 Å². The Morgan fingerprint density at radius 1 is 1.64 bits per heavy atom. The van der Waals surface area contributed by atoms with Crippen molar-refractivity contribution >= 4 is 5.97 Å². The van der Waals surface area contributed by atoms with E-state index < -0.39 is 0 Å². The molecule has 1 aliphatic heterocycles. The van der Waals surface area contributed by atoms with Gasteiger partial charge < -0.3 is 15.2 Å². The Bertz CT molecular complexity index is 194. The van der Waals surface area contributed by atoms with E-state index in [1.54, 1.807) is 0 Å². The number of aliphatic hydroxyl groups is 1. The van der Waals surface area contributed by atoms with E-state index in [9.17, 15) is 4.79 Å². The molecule has 0 spiro atoms. The fraction of sp³-hybridized carbons (Fsp3) is 0.900. The van der Waals surface area contributed by atoms with Crippen LogP contribution in [-0.2, 0) is 9.53 Å². The summed E-state index contributed by atoms with van der Waals surface area (Å²) in [5.41, 5.74) is 0. The van der Waals surface area contributed by atoms with Gasteiger partial charge in [0.2, 0.25) is 0 Å². The van der Waals surface area contributed by atoms with Gasteiger partial charge in [0.1, 0.15) is 6.04 Å². The molecule has 2 N–H and O–H groups in total. The number of carbonyl (C=O) groups is 1. The normalized spacial score (nSPS) is 27.7. The lowest BCUT2D eigenvalue weighted by atomic mass is 9.92. The largest absolute Gasteiger partial charge is 0.462 e. The number of hydrogen-bond donors (Lipinski definition) is 2. The second kappa shape index (κ2) is 5.32. The van der Waals surface area contributed by atoms with Crippen molar-refractivity contribution in [3.05, 3.63) is 0 Å². The molecule has 0 radical (unpaired) electrons. The Morgan fingerprint density at radius 3 is 2.93 bits per heavy atom. The smallest absolute Gasteiger partial charge is 0.323 e. The van der Waals surface area contributed by atoms with E-state index in [2.05, 4.69) is 5.32 Å². The molecule has 4 nitrogen and oxygen atoms in total. The summed E-state index contributed by atoms with van der Waals surface area (Å²) < 4.78 is 5.11. The Balaban J connectivity index is 2.50. The van der Waals surface area contributed by atoms with Gasteiger partial charge in [-0.05, 0) is 33.2 Å². The van der Waals surface area contributed by atoms with Crippen LogP contribution in [0.1, 0.15) is 26.7 Å². The summed E-state index contributed by atoms with van der Waals surface area (Å²) in [6, 6.07) is -0.323. The SMILES string of the molecule is CC(C)OC(=O)C1NCCCC1CO. The van der Waals surface area contributed by atoms with Crippen LogP contribution in [0.25, 0.3) is 0 Å². The van der Waals surface area contributed by atoms with Crippen LogP contribution in [0.3, 0.4) is 0 Å². The van der Waals surface area contributed by atoms with Gasteiger partial charge in [-0.3, -0.25) is 4.79 Å². The van der Waals surface area contributed by atoms with Crippen molar-refractivity contribution in [1.29, 1.82) is 0 Å². The Hall–Kier alpha value is -0.610. The number of rotatable bonds is 3. The fourth-order valence-electron chi connectivity index (χ4n) is 1.73. The molecule has 82 valence electrons. The molecule has 1 heterocycles. The Morgan fingerprint density at radius 2 is 2.36 bits per heavy atom. The van der Waals surface area contributed by atoms with E-state index >= 15 is 0 Å². The number of aliphatic hydroxyl groups excluding tert-OH is 1. The van der Waals surface area contributed by atoms with Gasteiger partial charge >= 0.3 is 5.97 Å². The lowest BCUT2D eigenvalue weighted by Crippen LogP contribution is -2.49. The quantitative estimate of drug-likeness (QED) is 0.645.